The lowest BCUT2D eigenvalue weighted by Gasteiger charge is -2.33. The number of furan rings is 1. The molecule has 6 nitrogen and oxygen atoms in total. The van der Waals surface area contributed by atoms with Crippen LogP contribution in [-0.2, 0) is 10.0 Å². The molecule has 152 valence electrons. The van der Waals surface area contributed by atoms with E-state index in [1.807, 2.05) is 31.2 Å². The summed E-state index contributed by atoms with van der Waals surface area (Å²) in [5, 5.41) is 1.08. The largest absolute Gasteiger partial charge is 0.451 e. The van der Waals surface area contributed by atoms with Crippen molar-refractivity contribution < 1.29 is 17.6 Å². The van der Waals surface area contributed by atoms with E-state index >= 15 is 0 Å². The van der Waals surface area contributed by atoms with Crippen LogP contribution in [0.2, 0.25) is 10.0 Å². The van der Waals surface area contributed by atoms with Crippen molar-refractivity contribution in [2.24, 2.45) is 0 Å². The van der Waals surface area contributed by atoms with Gasteiger partial charge in [0.15, 0.2) is 5.76 Å². The van der Waals surface area contributed by atoms with Gasteiger partial charge in [0.25, 0.3) is 5.91 Å². The van der Waals surface area contributed by atoms with Gasteiger partial charge in [-0.25, -0.2) is 8.42 Å². The summed E-state index contributed by atoms with van der Waals surface area (Å²) in [5.74, 6) is 0.0527. The number of piperazine rings is 1. The lowest BCUT2D eigenvalue weighted by Crippen LogP contribution is -2.50. The zero-order valence-corrected chi connectivity index (χ0v) is 17.9. The number of aryl methyl sites for hydroxylation is 1. The Kier molecular flexibility index (Phi) is 5.33. The standard InChI is InChI=1S/C20H18Cl2N2O4S/c1-13-14-5-2-3-7-16(14)28-19(13)20(25)23-9-11-24(12-10-23)29(26,27)17-8-4-6-15(21)18(17)22/h2-8H,9-12H2,1H3. The molecule has 1 aliphatic heterocycles. The van der Waals surface area contributed by atoms with Crippen LogP contribution in [0.4, 0.5) is 0 Å². The minimum absolute atomic E-state index is 0.00516. The first-order valence-corrected chi connectivity index (χ1v) is 11.2. The second kappa shape index (κ2) is 7.65. The molecule has 29 heavy (non-hydrogen) atoms. The number of hydrogen-bond acceptors (Lipinski definition) is 4. The van der Waals surface area contributed by atoms with Gasteiger partial charge in [-0.2, -0.15) is 4.31 Å². The average Bonchev–Trinajstić information content (AvgIpc) is 3.06. The highest BCUT2D eigenvalue weighted by molar-refractivity contribution is 7.89. The van der Waals surface area contributed by atoms with Crippen molar-refractivity contribution in [3.8, 4) is 0 Å². The Balaban J connectivity index is 1.52. The summed E-state index contributed by atoms with van der Waals surface area (Å²) < 4.78 is 32.9. The molecule has 1 aromatic heterocycles. The maximum Gasteiger partial charge on any atom is 0.289 e. The molecule has 4 rings (SSSR count). The topological polar surface area (TPSA) is 70.8 Å². The van der Waals surface area contributed by atoms with Crippen LogP contribution >= 0.6 is 23.2 Å². The van der Waals surface area contributed by atoms with E-state index in [2.05, 4.69) is 0 Å². The van der Waals surface area contributed by atoms with Gasteiger partial charge in [-0.1, -0.05) is 47.5 Å². The van der Waals surface area contributed by atoms with Gasteiger partial charge in [-0.15, -0.1) is 0 Å². The fraction of sp³-hybridized carbons (Fsp3) is 0.250. The van der Waals surface area contributed by atoms with Gasteiger partial charge in [-0.3, -0.25) is 4.79 Å². The molecule has 1 aliphatic rings. The van der Waals surface area contributed by atoms with Crippen molar-refractivity contribution >= 4 is 50.1 Å². The van der Waals surface area contributed by atoms with Crippen LogP contribution in [0.5, 0.6) is 0 Å². The molecule has 0 saturated carbocycles. The predicted octanol–water partition coefficient (Wildman–Crippen LogP) is 4.19. The van der Waals surface area contributed by atoms with Gasteiger partial charge in [0.05, 0.1) is 10.0 Å². The molecule has 0 N–H and O–H groups in total. The smallest absolute Gasteiger partial charge is 0.289 e. The number of carbonyl (C=O) groups is 1. The van der Waals surface area contributed by atoms with Gasteiger partial charge < -0.3 is 9.32 Å². The molecule has 0 unspecified atom stereocenters. The van der Waals surface area contributed by atoms with Crippen molar-refractivity contribution in [3.63, 3.8) is 0 Å². The fourth-order valence-corrected chi connectivity index (χ4v) is 5.63. The number of nitrogens with zero attached hydrogens (tertiary/aromatic N) is 2. The van der Waals surface area contributed by atoms with Crippen molar-refractivity contribution in [2.75, 3.05) is 26.2 Å². The highest BCUT2D eigenvalue weighted by Crippen LogP contribution is 2.32. The number of halogens is 2. The maximum absolute atomic E-state index is 12.9. The Hall–Kier alpha value is -2.06. The normalized spacial score (nSPS) is 15.8. The maximum atomic E-state index is 12.9. The first kappa shape index (κ1) is 20.2. The monoisotopic (exact) mass is 452 g/mol. The number of rotatable bonds is 3. The summed E-state index contributed by atoms with van der Waals surface area (Å²) in [5.41, 5.74) is 1.44. The highest BCUT2D eigenvalue weighted by atomic mass is 35.5. The van der Waals surface area contributed by atoms with Crippen LogP contribution in [0.25, 0.3) is 11.0 Å². The quantitative estimate of drug-likeness (QED) is 0.596. The SMILES string of the molecule is Cc1c(C(=O)N2CCN(S(=O)(=O)c3cccc(Cl)c3Cl)CC2)oc2ccccc12. The number of para-hydroxylation sites is 1. The third kappa shape index (κ3) is 3.53. The van der Waals surface area contributed by atoms with Crippen molar-refractivity contribution in [1.29, 1.82) is 0 Å². The van der Waals surface area contributed by atoms with E-state index in [-0.39, 0.29) is 47.0 Å². The number of sulfonamides is 1. The molecular formula is C20H18Cl2N2O4S. The van der Waals surface area contributed by atoms with Crippen LogP contribution in [0.1, 0.15) is 16.1 Å². The van der Waals surface area contributed by atoms with Crippen LogP contribution in [-0.4, -0.2) is 49.7 Å². The van der Waals surface area contributed by atoms with E-state index in [0.717, 1.165) is 10.9 Å². The lowest BCUT2D eigenvalue weighted by molar-refractivity contribution is 0.0667. The summed E-state index contributed by atoms with van der Waals surface area (Å²) in [4.78, 5) is 14.5. The van der Waals surface area contributed by atoms with E-state index in [1.54, 1.807) is 11.0 Å². The number of fused-ring (bicyclic) bond motifs is 1. The third-order valence-electron chi connectivity index (χ3n) is 5.10. The molecule has 0 bridgehead atoms. The number of hydrogen-bond donors (Lipinski definition) is 0. The average molecular weight is 453 g/mol. The molecule has 3 aromatic rings. The van der Waals surface area contributed by atoms with E-state index in [0.29, 0.717) is 11.3 Å². The van der Waals surface area contributed by atoms with Crippen molar-refractivity contribution in [1.82, 2.24) is 9.21 Å². The molecule has 9 heteroatoms. The van der Waals surface area contributed by atoms with Gasteiger partial charge in [0.2, 0.25) is 10.0 Å². The van der Waals surface area contributed by atoms with Crippen molar-refractivity contribution in [2.45, 2.75) is 11.8 Å². The van der Waals surface area contributed by atoms with E-state index < -0.39 is 10.0 Å². The fourth-order valence-electron chi connectivity index (χ4n) is 3.48. The molecule has 2 aromatic carbocycles. The van der Waals surface area contributed by atoms with Crippen LogP contribution in [0.15, 0.2) is 51.8 Å². The Morgan fingerprint density at radius 2 is 1.69 bits per heavy atom. The molecule has 0 spiro atoms. The second-order valence-electron chi connectivity index (χ2n) is 6.80. The lowest BCUT2D eigenvalue weighted by atomic mass is 10.1. The molecule has 1 fully saturated rings. The van der Waals surface area contributed by atoms with Gasteiger partial charge in [0, 0.05) is 37.1 Å². The predicted molar refractivity (Wildman–Crippen MR) is 112 cm³/mol. The number of amides is 1. The van der Waals surface area contributed by atoms with Gasteiger partial charge in [-0.05, 0) is 25.1 Å². The first-order valence-electron chi connectivity index (χ1n) is 9.02. The third-order valence-corrected chi connectivity index (χ3v) is 7.97. The van der Waals surface area contributed by atoms with Gasteiger partial charge >= 0.3 is 0 Å². The van der Waals surface area contributed by atoms with E-state index in [4.69, 9.17) is 27.6 Å². The zero-order chi connectivity index (χ0) is 20.8. The number of carbonyl (C=O) groups excluding carboxylic acids is 1. The minimum Gasteiger partial charge on any atom is -0.451 e. The van der Waals surface area contributed by atoms with Crippen LogP contribution in [0.3, 0.4) is 0 Å². The number of benzene rings is 2. The Morgan fingerprint density at radius 1 is 1.00 bits per heavy atom. The summed E-state index contributed by atoms with van der Waals surface area (Å²) in [6.45, 7) is 2.69. The molecule has 1 saturated heterocycles. The summed E-state index contributed by atoms with van der Waals surface area (Å²) in [6.07, 6.45) is 0. The zero-order valence-electron chi connectivity index (χ0n) is 15.6. The van der Waals surface area contributed by atoms with Crippen LogP contribution in [0, 0.1) is 6.92 Å². The van der Waals surface area contributed by atoms with E-state index in [1.165, 1.54) is 16.4 Å². The Labute approximate surface area is 178 Å². The van der Waals surface area contributed by atoms with Crippen molar-refractivity contribution in [3.05, 3.63) is 63.8 Å². The molecule has 2 heterocycles. The molecule has 1 amide bonds. The molecule has 0 radical (unpaired) electrons. The van der Waals surface area contributed by atoms with E-state index in [9.17, 15) is 13.2 Å². The second-order valence-corrected chi connectivity index (χ2v) is 9.49. The van der Waals surface area contributed by atoms with Gasteiger partial charge in [0.1, 0.15) is 10.5 Å². The summed E-state index contributed by atoms with van der Waals surface area (Å²) in [7, 11) is -3.80. The Bertz CT molecular complexity index is 1200. The molecule has 0 atom stereocenters. The molecule has 0 aliphatic carbocycles. The molecular weight excluding hydrogens is 435 g/mol. The minimum atomic E-state index is -3.80. The Morgan fingerprint density at radius 3 is 2.38 bits per heavy atom. The van der Waals surface area contributed by atoms with Crippen LogP contribution < -0.4 is 0 Å². The summed E-state index contributed by atoms with van der Waals surface area (Å²) >= 11 is 12.1. The first-order chi connectivity index (χ1) is 13.8. The summed E-state index contributed by atoms with van der Waals surface area (Å²) in [6, 6.07) is 12.0. The highest BCUT2D eigenvalue weighted by Gasteiger charge is 2.33.